The Kier molecular flexibility index (Phi) is 5.97. The fourth-order valence-electron chi connectivity index (χ4n) is 5.33. The number of hydrogen-bond donors (Lipinski definition) is 0. The molecule has 0 spiro atoms. The van der Waals surface area contributed by atoms with E-state index in [1.807, 2.05) is 67.6 Å². The van der Waals surface area contributed by atoms with Gasteiger partial charge in [-0.1, -0.05) is 60.7 Å². The summed E-state index contributed by atoms with van der Waals surface area (Å²) in [5, 5.41) is 18.1. The molecule has 0 atom stereocenters. The first-order valence-corrected chi connectivity index (χ1v) is 13.3. The molecule has 0 saturated heterocycles. The number of nitro benzene ring substituents is 1. The van der Waals surface area contributed by atoms with Crippen LogP contribution in [0.5, 0.6) is 0 Å². The van der Waals surface area contributed by atoms with Crippen LogP contribution in [0.1, 0.15) is 16.8 Å². The van der Waals surface area contributed by atoms with E-state index < -0.39 is 4.92 Å². The third-order valence-electron chi connectivity index (χ3n) is 7.47. The molecule has 7 aromatic rings. The number of hydrogen-bond acceptors (Lipinski definition) is 6. The van der Waals surface area contributed by atoms with Gasteiger partial charge in [0.1, 0.15) is 5.58 Å². The SMILES string of the molecule is Cc1c(C=Nn2c(-c3cc4ccccc4o3)nc3ccccc3c2=O)c2ccccc2n1Cc1ccc([N+](=O)[O-])cc1. The summed E-state index contributed by atoms with van der Waals surface area (Å²) in [5.41, 5.74) is 4.69. The van der Waals surface area contributed by atoms with Crippen molar-refractivity contribution in [3.05, 3.63) is 140 Å². The Hall–Kier alpha value is -5.83. The van der Waals surface area contributed by atoms with Crippen LogP contribution in [0, 0.1) is 17.0 Å². The molecule has 0 aliphatic heterocycles. The highest BCUT2D eigenvalue weighted by Gasteiger charge is 2.18. The van der Waals surface area contributed by atoms with Gasteiger partial charge in [-0.25, -0.2) is 4.98 Å². The normalized spacial score (nSPS) is 11.7. The van der Waals surface area contributed by atoms with Gasteiger partial charge in [-0.2, -0.15) is 9.78 Å². The summed E-state index contributed by atoms with van der Waals surface area (Å²) in [4.78, 5) is 29.2. The summed E-state index contributed by atoms with van der Waals surface area (Å²) in [5.74, 6) is 0.743. The van der Waals surface area contributed by atoms with Gasteiger partial charge >= 0.3 is 0 Å². The molecule has 9 heteroatoms. The molecule has 9 nitrogen and oxygen atoms in total. The van der Waals surface area contributed by atoms with E-state index in [0.29, 0.717) is 34.6 Å². The lowest BCUT2D eigenvalue weighted by Crippen LogP contribution is -2.20. The molecule has 0 bridgehead atoms. The zero-order valence-electron chi connectivity index (χ0n) is 22.5. The predicted octanol–water partition coefficient (Wildman–Crippen LogP) is 6.91. The monoisotopic (exact) mass is 553 g/mol. The number of para-hydroxylation sites is 3. The maximum atomic E-state index is 13.7. The number of rotatable bonds is 6. The van der Waals surface area contributed by atoms with Gasteiger partial charge in [0, 0.05) is 46.2 Å². The maximum absolute atomic E-state index is 13.7. The Labute approximate surface area is 238 Å². The van der Waals surface area contributed by atoms with E-state index in [1.54, 1.807) is 36.5 Å². The van der Waals surface area contributed by atoms with E-state index in [-0.39, 0.29) is 11.2 Å². The zero-order chi connectivity index (χ0) is 28.8. The number of nitro groups is 1. The summed E-state index contributed by atoms with van der Waals surface area (Å²) < 4.78 is 9.53. The van der Waals surface area contributed by atoms with Gasteiger partial charge in [0.15, 0.2) is 5.76 Å². The highest BCUT2D eigenvalue weighted by Crippen LogP contribution is 2.29. The second-order valence-electron chi connectivity index (χ2n) is 9.99. The standard InChI is InChI=1S/C33H23N5O4/c1-21-27(25-9-4-6-12-29(25)36(21)20-22-14-16-24(17-15-22)38(40)41)19-34-37-32(31-18-23-8-2-7-13-30(23)42-31)35-28-11-5-3-10-26(28)33(37)39/h2-19H,20H2,1H3. The minimum atomic E-state index is -0.405. The van der Waals surface area contributed by atoms with Crippen LogP contribution in [0.4, 0.5) is 5.69 Å². The number of fused-ring (bicyclic) bond motifs is 3. The average Bonchev–Trinajstić information content (AvgIpc) is 3.56. The molecule has 7 rings (SSSR count). The topological polar surface area (TPSA) is 108 Å². The van der Waals surface area contributed by atoms with Gasteiger partial charge in [0.25, 0.3) is 11.2 Å². The molecule has 3 aromatic heterocycles. The van der Waals surface area contributed by atoms with Crippen molar-refractivity contribution in [3.63, 3.8) is 0 Å². The van der Waals surface area contributed by atoms with E-state index in [4.69, 9.17) is 14.5 Å². The number of benzene rings is 4. The fourth-order valence-corrected chi connectivity index (χ4v) is 5.33. The molecule has 0 unspecified atom stereocenters. The van der Waals surface area contributed by atoms with Crippen molar-refractivity contribution < 1.29 is 9.34 Å². The number of furan rings is 1. The van der Waals surface area contributed by atoms with Gasteiger partial charge in [-0.3, -0.25) is 14.9 Å². The van der Waals surface area contributed by atoms with Crippen LogP contribution in [0.3, 0.4) is 0 Å². The number of non-ortho nitro benzene ring substituents is 1. The molecule has 0 aliphatic carbocycles. The smallest absolute Gasteiger partial charge is 0.282 e. The molecule has 0 N–H and O–H groups in total. The molecule has 204 valence electrons. The molecule has 0 amide bonds. The van der Waals surface area contributed by atoms with Crippen LogP contribution >= 0.6 is 0 Å². The van der Waals surface area contributed by atoms with Crippen LogP contribution in [-0.2, 0) is 6.54 Å². The first kappa shape index (κ1) is 25.2. The van der Waals surface area contributed by atoms with Crippen molar-refractivity contribution in [2.45, 2.75) is 13.5 Å². The molecule has 0 radical (unpaired) electrons. The van der Waals surface area contributed by atoms with Gasteiger partial charge in [-0.05, 0) is 42.8 Å². The largest absolute Gasteiger partial charge is 0.453 e. The molecule has 4 aromatic carbocycles. The maximum Gasteiger partial charge on any atom is 0.282 e. The lowest BCUT2D eigenvalue weighted by Gasteiger charge is -2.09. The van der Waals surface area contributed by atoms with E-state index in [9.17, 15) is 14.9 Å². The molecule has 42 heavy (non-hydrogen) atoms. The van der Waals surface area contributed by atoms with E-state index in [2.05, 4.69) is 4.57 Å². The van der Waals surface area contributed by atoms with Crippen LogP contribution in [0.2, 0.25) is 0 Å². The van der Waals surface area contributed by atoms with Gasteiger partial charge in [-0.15, -0.1) is 0 Å². The molecule has 0 fully saturated rings. The van der Waals surface area contributed by atoms with Crippen molar-refractivity contribution in [2.24, 2.45) is 5.10 Å². The first-order chi connectivity index (χ1) is 20.5. The van der Waals surface area contributed by atoms with Crippen molar-refractivity contribution in [3.8, 4) is 11.6 Å². The lowest BCUT2D eigenvalue weighted by molar-refractivity contribution is -0.384. The average molecular weight is 554 g/mol. The molecule has 0 aliphatic rings. The summed E-state index contributed by atoms with van der Waals surface area (Å²) in [6, 6.07) is 31.2. The Morgan fingerprint density at radius 2 is 1.64 bits per heavy atom. The van der Waals surface area contributed by atoms with Gasteiger partial charge in [0.05, 0.1) is 22.0 Å². The minimum absolute atomic E-state index is 0.0513. The Balaban J connectivity index is 1.37. The van der Waals surface area contributed by atoms with Crippen molar-refractivity contribution >= 4 is 44.7 Å². The van der Waals surface area contributed by atoms with Crippen molar-refractivity contribution in [1.82, 2.24) is 14.2 Å². The summed E-state index contributed by atoms with van der Waals surface area (Å²) in [7, 11) is 0. The molecule has 0 saturated carbocycles. The summed E-state index contributed by atoms with van der Waals surface area (Å²) in [6.45, 7) is 2.51. The predicted molar refractivity (Wildman–Crippen MR) is 163 cm³/mol. The Morgan fingerprint density at radius 3 is 2.43 bits per heavy atom. The number of nitrogens with zero attached hydrogens (tertiary/aromatic N) is 5. The highest BCUT2D eigenvalue weighted by molar-refractivity contribution is 6.01. The first-order valence-electron chi connectivity index (χ1n) is 13.3. The van der Waals surface area contributed by atoms with Crippen LogP contribution < -0.4 is 5.56 Å². The van der Waals surface area contributed by atoms with E-state index >= 15 is 0 Å². The van der Waals surface area contributed by atoms with E-state index in [1.165, 1.54) is 16.8 Å². The van der Waals surface area contributed by atoms with E-state index in [0.717, 1.165) is 33.1 Å². The Bertz CT molecular complexity index is 2210. The van der Waals surface area contributed by atoms with Crippen LogP contribution in [0.25, 0.3) is 44.4 Å². The zero-order valence-corrected chi connectivity index (χ0v) is 22.5. The second kappa shape index (κ2) is 9.97. The van der Waals surface area contributed by atoms with Crippen molar-refractivity contribution in [1.29, 1.82) is 0 Å². The molecule has 3 heterocycles. The van der Waals surface area contributed by atoms with Crippen LogP contribution in [-0.4, -0.2) is 25.4 Å². The Morgan fingerprint density at radius 1 is 0.929 bits per heavy atom. The molecular weight excluding hydrogens is 530 g/mol. The minimum Gasteiger partial charge on any atom is -0.453 e. The van der Waals surface area contributed by atoms with Gasteiger partial charge in [0.2, 0.25) is 5.82 Å². The third kappa shape index (κ3) is 4.24. The third-order valence-corrected chi connectivity index (χ3v) is 7.47. The quantitative estimate of drug-likeness (QED) is 0.126. The summed E-state index contributed by atoms with van der Waals surface area (Å²) >= 11 is 0. The number of aromatic nitrogens is 3. The van der Waals surface area contributed by atoms with Crippen molar-refractivity contribution in [2.75, 3.05) is 0 Å². The lowest BCUT2D eigenvalue weighted by atomic mass is 10.1. The fraction of sp³-hybridized carbons (Fsp3) is 0.0606. The molecular formula is C33H23N5O4. The van der Waals surface area contributed by atoms with Crippen LogP contribution in [0.15, 0.2) is 117 Å². The summed E-state index contributed by atoms with van der Waals surface area (Å²) in [6.07, 6.45) is 1.69. The second-order valence-corrected chi connectivity index (χ2v) is 9.99. The highest BCUT2D eigenvalue weighted by atomic mass is 16.6. The van der Waals surface area contributed by atoms with Gasteiger partial charge < -0.3 is 8.98 Å².